The van der Waals surface area contributed by atoms with Crippen LogP contribution >= 0.6 is 0 Å². The van der Waals surface area contributed by atoms with Gasteiger partial charge in [0.05, 0.1) is 10.6 Å². The van der Waals surface area contributed by atoms with E-state index in [2.05, 4.69) is 16.0 Å². The Labute approximate surface area is 193 Å². The highest BCUT2D eigenvalue weighted by Gasteiger charge is 2.43. The van der Waals surface area contributed by atoms with E-state index in [9.17, 15) is 13.2 Å². The standard InChI is InChI=1S/C27H24N2O3S/c30-27(15-20-3-4-23-18-29-12-9-22(23)14-20)26-16-25(26)21-5-7-24(8-6-21)33(31,32)13-10-19-2-1-11-28-17-19/h1-9,11-12,14,17-18,25-26H,10,13,15-16H2/t25?,26-/m1/s1. The van der Waals surface area contributed by atoms with Crippen molar-refractivity contribution < 1.29 is 13.2 Å². The maximum absolute atomic E-state index is 12.8. The Morgan fingerprint density at radius 1 is 0.879 bits per heavy atom. The summed E-state index contributed by atoms with van der Waals surface area (Å²) in [5.41, 5.74) is 2.95. The lowest BCUT2D eigenvalue weighted by Gasteiger charge is -2.07. The first-order valence-electron chi connectivity index (χ1n) is 11.1. The number of aromatic nitrogens is 2. The number of nitrogens with zero attached hydrogens (tertiary/aromatic N) is 2. The summed E-state index contributed by atoms with van der Waals surface area (Å²) in [4.78, 5) is 21.3. The molecule has 1 unspecified atom stereocenters. The zero-order valence-electron chi connectivity index (χ0n) is 18.1. The van der Waals surface area contributed by atoms with Crippen molar-refractivity contribution in [1.29, 1.82) is 0 Å². The first-order valence-corrected chi connectivity index (χ1v) is 12.7. The fraction of sp³-hybridized carbons (Fsp3) is 0.222. The number of pyridine rings is 2. The van der Waals surface area contributed by atoms with Gasteiger partial charge in [-0.1, -0.05) is 36.4 Å². The second-order valence-corrected chi connectivity index (χ2v) is 10.8. The molecule has 0 radical (unpaired) electrons. The predicted octanol–water partition coefficient (Wildman–Crippen LogP) is 4.56. The topological polar surface area (TPSA) is 77.0 Å². The molecule has 0 spiro atoms. The third kappa shape index (κ3) is 4.86. The maximum atomic E-state index is 12.8. The summed E-state index contributed by atoms with van der Waals surface area (Å²) in [7, 11) is -3.37. The number of ketones is 1. The maximum Gasteiger partial charge on any atom is 0.178 e. The Balaban J connectivity index is 1.20. The second-order valence-electron chi connectivity index (χ2n) is 8.65. The number of Topliss-reactive ketones (excluding diaryl/α,β-unsaturated/α-hetero) is 1. The van der Waals surface area contributed by atoms with Crippen molar-refractivity contribution in [3.05, 3.63) is 102 Å². The molecule has 33 heavy (non-hydrogen) atoms. The van der Waals surface area contributed by atoms with E-state index < -0.39 is 9.84 Å². The number of rotatable bonds is 8. The van der Waals surface area contributed by atoms with Gasteiger partial charge in [0.25, 0.3) is 0 Å². The number of fused-ring (bicyclic) bond motifs is 1. The van der Waals surface area contributed by atoms with Crippen LogP contribution in [0.1, 0.15) is 29.0 Å². The van der Waals surface area contributed by atoms with Crippen LogP contribution in [0.25, 0.3) is 10.8 Å². The molecular formula is C27H24N2O3S. The number of aryl methyl sites for hydroxylation is 1. The number of hydrogen-bond acceptors (Lipinski definition) is 5. The lowest BCUT2D eigenvalue weighted by atomic mass is 10.0. The molecule has 1 aliphatic rings. The van der Waals surface area contributed by atoms with Gasteiger partial charge < -0.3 is 0 Å². The van der Waals surface area contributed by atoms with Crippen molar-refractivity contribution in [3.63, 3.8) is 0 Å². The summed E-state index contributed by atoms with van der Waals surface area (Å²) in [6.45, 7) is 0. The molecule has 0 aliphatic heterocycles. The van der Waals surface area contributed by atoms with Crippen LogP contribution in [0, 0.1) is 5.92 Å². The molecule has 2 aromatic heterocycles. The zero-order valence-corrected chi connectivity index (χ0v) is 18.9. The van der Waals surface area contributed by atoms with Gasteiger partial charge >= 0.3 is 0 Å². The number of carbonyl (C=O) groups excluding carboxylic acids is 1. The van der Waals surface area contributed by atoms with Crippen LogP contribution in [0.2, 0.25) is 0 Å². The monoisotopic (exact) mass is 456 g/mol. The van der Waals surface area contributed by atoms with E-state index in [-0.39, 0.29) is 23.4 Å². The molecule has 1 aliphatic carbocycles. The highest BCUT2D eigenvalue weighted by Crippen LogP contribution is 2.48. The SMILES string of the molecule is O=C(Cc1ccc2cnccc2c1)[C@@H]1CC1c1ccc(S(=O)(=O)CCc2cccnc2)cc1. The molecule has 0 N–H and O–H groups in total. The molecule has 166 valence electrons. The Kier molecular flexibility index (Phi) is 5.77. The van der Waals surface area contributed by atoms with E-state index in [1.165, 1.54) is 0 Å². The van der Waals surface area contributed by atoms with Crippen LogP contribution < -0.4 is 0 Å². The lowest BCUT2D eigenvalue weighted by Crippen LogP contribution is -2.09. The summed E-state index contributed by atoms with van der Waals surface area (Å²) in [6, 6.07) is 18.7. The minimum atomic E-state index is -3.37. The molecule has 2 atom stereocenters. The van der Waals surface area contributed by atoms with E-state index in [1.807, 2.05) is 48.7 Å². The molecule has 6 heteroatoms. The van der Waals surface area contributed by atoms with Gasteiger partial charge in [-0.2, -0.15) is 0 Å². The molecule has 0 saturated heterocycles. The third-order valence-electron chi connectivity index (χ3n) is 6.34. The molecule has 0 amide bonds. The van der Waals surface area contributed by atoms with Gasteiger partial charge in [0.15, 0.2) is 9.84 Å². The van der Waals surface area contributed by atoms with Crippen LogP contribution in [0.4, 0.5) is 0 Å². The second kappa shape index (κ2) is 8.87. The first kappa shape index (κ1) is 21.5. The fourth-order valence-electron chi connectivity index (χ4n) is 4.33. The van der Waals surface area contributed by atoms with Crippen LogP contribution in [0.15, 0.2) is 90.3 Å². The largest absolute Gasteiger partial charge is 0.299 e. The molecule has 5 rings (SSSR count). The van der Waals surface area contributed by atoms with Gasteiger partial charge in [-0.25, -0.2) is 8.42 Å². The number of benzene rings is 2. The summed E-state index contributed by atoms with van der Waals surface area (Å²) in [6.07, 6.45) is 8.62. The lowest BCUT2D eigenvalue weighted by molar-refractivity contribution is -0.119. The number of hydrogen-bond donors (Lipinski definition) is 0. The Bertz CT molecular complexity index is 1400. The average Bonchev–Trinajstić information content (AvgIpc) is 3.65. The molecule has 1 fully saturated rings. The minimum absolute atomic E-state index is 0.00572. The van der Waals surface area contributed by atoms with Crippen LogP contribution in [0.3, 0.4) is 0 Å². The van der Waals surface area contributed by atoms with Gasteiger partial charge in [-0.3, -0.25) is 14.8 Å². The molecule has 1 saturated carbocycles. The molecule has 4 aromatic rings. The van der Waals surface area contributed by atoms with E-state index in [4.69, 9.17) is 0 Å². The summed E-state index contributed by atoms with van der Waals surface area (Å²) in [5, 5.41) is 2.15. The Hall–Kier alpha value is -3.38. The van der Waals surface area contributed by atoms with Crippen LogP contribution in [0.5, 0.6) is 0 Å². The van der Waals surface area contributed by atoms with Crippen molar-refractivity contribution in [2.24, 2.45) is 5.92 Å². The van der Waals surface area contributed by atoms with Crippen LogP contribution in [-0.2, 0) is 27.5 Å². The van der Waals surface area contributed by atoms with Crippen molar-refractivity contribution in [2.45, 2.75) is 30.1 Å². The van der Waals surface area contributed by atoms with Gasteiger partial charge in [0.2, 0.25) is 0 Å². The van der Waals surface area contributed by atoms with Gasteiger partial charge in [0, 0.05) is 42.5 Å². The first-order chi connectivity index (χ1) is 16.0. The van der Waals surface area contributed by atoms with E-state index in [0.29, 0.717) is 17.7 Å². The highest BCUT2D eigenvalue weighted by molar-refractivity contribution is 7.91. The highest BCUT2D eigenvalue weighted by atomic mass is 32.2. The summed E-state index contributed by atoms with van der Waals surface area (Å²) >= 11 is 0. The Morgan fingerprint density at radius 3 is 2.48 bits per heavy atom. The van der Waals surface area contributed by atoms with Crippen molar-refractivity contribution in [1.82, 2.24) is 9.97 Å². The summed E-state index contributed by atoms with van der Waals surface area (Å²) in [5.74, 6) is 0.465. The number of sulfone groups is 1. The molecule has 2 aromatic carbocycles. The molecule has 2 heterocycles. The third-order valence-corrected chi connectivity index (χ3v) is 8.07. The quantitative estimate of drug-likeness (QED) is 0.388. The Morgan fingerprint density at radius 2 is 1.70 bits per heavy atom. The normalized spacial score (nSPS) is 17.7. The molecular weight excluding hydrogens is 432 g/mol. The van der Waals surface area contributed by atoms with Crippen molar-refractivity contribution >= 4 is 26.4 Å². The number of carbonyl (C=O) groups is 1. The smallest absolute Gasteiger partial charge is 0.178 e. The average molecular weight is 457 g/mol. The predicted molar refractivity (Wildman–Crippen MR) is 128 cm³/mol. The van der Waals surface area contributed by atoms with Gasteiger partial charge in [0.1, 0.15) is 5.78 Å². The van der Waals surface area contributed by atoms with Gasteiger partial charge in [-0.15, -0.1) is 0 Å². The van der Waals surface area contributed by atoms with E-state index in [1.54, 1.807) is 30.7 Å². The van der Waals surface area contributed by atoms with Crippen LogP contribution in [-0.4, -0.2) is 29.9 Å². The molecule has 5 nitrogen and oxygen atoms in total. The van der Waals surface area contributed by atoms with E-state index in [0.717, 1.165) is 33.9 Å². The molecule has 0 bridgehead atoms. The fourth-order valence-corrected chi connectivity index (χ4v) is 5.62. The van der Waals surface area contributed by atoms with Crippen molar-refractivity contribution in [3.8, 4) is 0 Å². The zero-order chi connectivity index (χ0) is 22.8. The van der Waals surface area contributed by atoms with Gasteiger partial charge in [-0.05, 0) is 65.1 Å². The minimum Gasteiger partial charge on any atom is -0.299 e. The summed E-state index contributed by atoms with van der Waals surface area (Å²) < 4.78 is 25.4. The van der Waals surface area contributed by atoms with E-state index >= 15 is 0 Å². The van der Waals surface area contributed by atoms with Crippen molar-refractivity contribution in [2.75, 3.05) is 5.75 Å².